The smallest absolute Gasteiger partial charge is 0.271 e. The van der Waals surface area contributed by atoms with Crippen molar-refractivity contribution >= 4 is 34.8 Å². The average Bonchev–Trinajstić information content (AvgIpc) is 3.43. The normalized spacial score (nSPS) is 13.8. The third kappa shape index (κ3) is 7.05. The van der Waals surface area contributed by atoms with Crippen LogP contribution in [0.25, 0.3) is 5.82 Å². The summed E-state index contributed by atoms with van der Waals surface area (Å²) in [6.45, 7) is 7.34. The molecule has 14 heteroatoms. The summed E-state index contributed by atoms with van der Waals surface area (Å²) < 4.78 is 6.76. The average molecular weight is 586 g/mol. The maximum absolute atomic E-state index is 13.0. The number of anilines is 4. The molecule has 0 aliphatic carbocycles. The fourth-order valence-electron chi connectivity index (χ4n) is 4.54. The lowest BCUT2D eigenvalue weighted by Crippen LogP contribution is -2.47. The summed E-state index contributed by atoms with van der Waals surface area (Å²) in [5.74, 6) is 1.31. The van der Waals surface area contributed by atoms with Crippen LogP contribution in [-0.4, -0.2) is 93.8 Å². The molecule has 14 nitrogen and oxygen atoms in total. The van der Waals surface area contributed by atoms with E-state index in [2.05, 4.69) is 58.4 Å². The van der Waals surface area contributed by atoms with Crippen LogP contribution in [0.3, 0.4) is 0 Å². The second kappa shape index (κ2) is 12.8. The van der Waals surface area contributed by atoms with Crippen molar-refractivity contribution in [2.45, 2.75) is 13.8 Å². The zero-order valence-electron chi connectivity index (χ0n) is 24.8. The molecule has 0 bridgehead atoms. The molecule has 1 aliphatic heterocycles. The minimum Gasteiger partial charge on any atom is -0.481 e. The van der Waals surface area contributed by atoms with E-state index in [0.717, 1.165) is 31.7 Å². The van der Waals surface area contributed by atoms with Crippen molar-refractivity contribution in [3.05, 3.63) is 71.3 Å². The molecule has 0 saturated carbocycles. The van der Waals surface area contributed by atoms with Crippen LogP contribution in [0.2, 0.25) is 0 Å². The van der Waals surface area contributed by atoms with E-state index < -0.39 is 0 Å². The van der Waals surface area contributed by atoms with E-state index in [0.29, 0.717) is 46.0 Å². The maximum Gasteiger partial charge on any atom is 0.271 e. The van der Waals surface area contributed by atoms with Gasteiger partial charge in [0, 0.05) is 74.1 Å². The second-order valence-corrected chi connectivity index (χ2v) is 10.2. The van der Waals surface area contributed by atoms with Crippen molar-refractivity contribution < 1.29 is 14.3 Å². The van der Waals surface area contributed by atoms with E-state index in [-0.39, 0.29) is 17.5 Å². The van der Waals surface area contributed by atoms with Crippen LogP contribution < -0.4 is 26.1 Å². The molecule has 0 atom stereocenters. The first-order valence-electron chi connectivity index (χ1n) is 13.8. The molecule has 4 heterocycles. The number of likely N-dealkylation sites (N-methyl/N-ethyl adjacent to an activating group) is 1. The van der Waals surface area contributed by atoms with Crippen molar-refractivity contribution in [1.82, 2.24) is 40.0 Å². The molecule has 1 saturated heterocycles. The molecule has 4 N–H and O–H groups in total. The van der Waals surface area contributed by atoms with Gasteiger partial charge in [0.25, 0.3) is 11.8 Å². The molecule has 3 aromatic heterocycles. The van der Waals surface area contributed by atoms with E-state index >= 15 is 0 Å². The first-order valence-corrected chi connectivity index (χ1v) is 13.8. The van der Waals surface area contributed by atoms with Crippen LogP contribution in [0.1, 0.15) is 32.1 Å². The lowest BCUT2D eigenvalue weighted by molar-refractivity contribution is 0.0956. The van der Waals surface area contributed by atoms with Gasteiger partial charge in [0.05, 0.1) is 7.11 Å². The third-order valence-corrected chi connectivity index (χ3v) is 6.97. The lowest BCUT2D eigenvalue weighted by atomic mass is 10.1. The zero-order chi connectivity index (χ0) is 30.5. The minimum absolute atomic E-state index is 0.210. The van der Waals surface area contributed by atoms with Crippen LogP contribution in [0, 0.1) is 13.8 Å². The highest BCUT2D eigenvalue weighted by molar-refractivity contribution is 6.04. The quantitative estimate of drug-likeness (QED) is 0.229. The van der Waals surface area contributed by atoms with E-state index in [1.54, 1.807) is 42.9 Å². The molecular weight excluding hydrogens is 550 g/mol. The fraction of sp³-hybridized carbons (Fsp3) is 0.310. The van der Waals surface area contributed by atoms with Crippen molar-refractivity contribution in [1.29, 1.82) is 0 Å². The topological polar surface area (TPSA) is 154 Å². The first-order chi connectivity index (χ1) is 20.7. The number of piperazine rings is 1. The summed E-state index contributed by atoms with van der Waals surface area (Å²) in [4.78, 5) is 40.9. The maximum atomic E-state index is 13.0. The summed E-state index contributed by atoms with van der Waals surface area (Å²) in [6.07, 6.45) is 1.45. The number of carbonyl (C=O) groups excluding carboxylic acids is 2. The second-order valence-electron chi connectivity index (χ2n) is 10.2. The van der Waals surface area contributed by atoms with Gasteiger partial charge in [-0.15, -0.1) is 0 Å². The summed E-state index contributed by atoms with van der Waals surface area (Å²) in [5.41, 5.74) is 6.84. The van der Waals surface area contributed by atoms with Crippen LogP contribution in [-0.2, 0) is 0 Å². The van der Waals surface area contributed by atoms with Crippen molar-refractivity contribution in [2.75, 3.05) is 63.4 Å². The summed E-state index contributed by atoms with van der Waals surface area (Å²) in [6, 6.07) is 12.2. The molecule has 1 aliphatic rings. The van der Waals surface area contributed by atoms with Crippen LogP contribution >= 0.6 is 0 Å². The number of ether oxygens (including phenoxy) is 1. The molecule has 2 amide bonds. The van der Waals surface area contributed by atoms with Gasteiger partial charge in [0.1, 0.15) is 18.0 Å². The number of nitrogens with one attached hydrogen (secondary N) is 4. The minimum atomic E-state index is -0.340. The molecule has 1 fully saturated rings. The van der Waals surface area contributed by atoms with Crippen LogP contribution in [0.4, 0.5) is 23.0 Å². The molecule has 5 rings (SSSR count). The van der Waals surface area contributed by atoms with E-state index in [1.165, 1.54) is 13.4 Å². The predicted octanol–water partition coefficient (Wildman–Crippen LogP) is 2.61. The van der Waals surface area contributed by atoms with Gasteiger partial charge in [-0.25, -0.2) is 20.0 Å². The van der Waals surface area contributed by atoms with Gasteiger partial charge in [-0.3, -0.25) is 9.59 Å². The van der Waals surface area contributed by atoms with Crippen molar-refractivity contribution in [2.24, 2.45) is 0 Å². The predicted molar refractivity (Wildman–Crippen MR) is 163 cm³/mol. The van der Waals surface area contributed by atoms with Gasteiger partial charge in [-0.1, -0.05) is 6.07 Å². The monoisotopic (exact) mass is 585 g/mol. The largest absolute Gasteiger partial charge is 0.481 e. The molecule has 1 aromatic carbocycles. The van der Waals surface area contributed by atoms with Gasteiger partial charge >= 0.3 is 0 Å². The molecule has 0 unspecified atom stereocenters. The number of rotatable bonds is 9. The van der Waals surface area contributed by atoms with Crippen LogP contribution in [0.15, 0.2) is 48.8 Å². The van der Waals surface area contributed by atoms with Crippen molar-refractivity contribution in [3.63, 3.8) is 0 Å². The van der Waals surface area contributed by atoms with Gasteiger partial charge in [0.15, 0.2) is 11.5 Å². The number of aromatic nitrogens is 5. The number of hydrogen-bond donors (Lipinski definition) is 4. The highest BCUT2D eigenvalue weighted by Crippen LogP contribution is 2.27. The van der Waals surface area contributed by atoms with Gasteiger partial charge in [-0.05, 0) is 44.7 Å². The number of nitrogens with zero attached hydrogens (tertiary/aromatic N) is 7. The molecule has 43 heavy (non-hydrogen) atoms. The number of amides is 2. The molecular formula is C29H35N11O3. The zero-order valence-corrected chi connectivity index (χ0v) is 24.8. The Labute approximate surface area is 249 Å². The highest BCUT2D eigenvalue weighted by Gasteiger charge is 2.19. The van der Waals surface area contributed by atoms with Gasteiger partial charge in [0.2, 0.25) is 5.88 Å². The van der Waals surface area contributed by atoms with Gasteiger partial charge in [-0.2, -0.15) is 9.78 Å². The number of carbonyl (C=O) groups is 2. The summed E-state index contributed by atoms with van der Waals surface area (Å²) >= 11 is 0. The number of aryl methyl sites for hydroxylation is 2. The Bertz CT molecular complexity index is 1630. The Morgan fingerprint density at radius 2 is 1.74 bits per heavy atom. The van der Waals surface area contributed by atoms with Crippen LogP contribution in [0.5, 0.6) is 5.88 Å². The molecule has 0 spiro atoms. The first kappa shape index (κ1) is 29.4. The Kier molecular flexibility index (Phi) is 8.78. The third-order valence-electron chi connectivity index (χ3n) is 6.97. The molecule has 224 valence electrons. The SMILES string of the molecule is CNC(=O)c1cc(Nc2cc(NC(=O)c3cc(C)nc(OC)c3)ccc2C)n(-c2cc(NN3CCN(C)CC3)ncn2)n1. The number of pyridine rings is 1. The number of benzene rings is 1. The van der Waals surface area contributed by atoms with Crippen molar-refractivity contribution in [3.8, 4) is 11.7 Å². The van der Waals surface area contributed by atoms with E-state index in [1.807, 2.05) is 25.1 Å². The fourth-order valence-corrected chi connectivity index (χ4v) is 4.54. The Balaban J connectivity index is 1.41. The summed E-state index contributed by atoms with van der Waals surface area (Å²) in [7, 11) is 5.16. The molecule has 0 radical (unpaired) electrons. The standard InChI is InChI=1S/C29H35N11O3/c1-18-6-7-21(34-28(41)20-12-19(2)33-27(13-20)43-5)14-22(18)35-26-15-23(29(42)30-3)36-40(26)25-16-24(31-17-32-25)37-39-10-8-38(4)9-11-39/h6-7,12-17,35H,8-11H2,1-5H3,(H,30,42)(H,34,41)(H,31,32,37). The summed E-state index contributed by atoms with van der Waals surface area (Å²) in [5, 5.41) is 15.6. The Morgan fingerprint density at radius 1 is 0.953 bits per heavy atom. The van der Waals surface area contributed by atoms with E-state index in [9.17, 15) is 9.59 Å². The Morgan fingerprint density at radius 3 is 2.49 bits per heavy atom. The number of methoxy groups -OCH3 is 1. The number of hydrazine groups is 1. The highest BCUT2D eigenvalue weighted by atomic mass is 16.5. The van der Waals surface area contributed by atoms with E-state index in [4.69, 9.17) is 4.74 Å². The lowest BCUT2D eigenvalue weighted by Gasteiger charge is -2.32. The molecule has 4 aromatic rings. The van der Waals surface area contributed by atoms with Gasteiger partial charge < -0.3 is 31.0 Å². The number of hydrogen-bond acceptors (Lipinski definition) is 11. The Hall–Kier alpha value is -5.08.